The molecule has 20 heteroatoms. The van der Waals surface area contributed by atoms with E-state index in [1.807, 2.05) is 11.9 Å². The highest BCUT2D eigenvalue weighted by Crippen LogP contribution is 2.29. The number of ether oxygens (including phenoxy) is 2. The van der Waals surface area contributed by atoms with Gasteiger partial charge in [-0.05, 0) is 55.3 Å². The molecule has 2 aromatic rings. The Labute approximate surface area is 302 Å². The summed E-state index contributed by atoms with van der Waals surface area (Å²) >= 11 is 1.23. The lowest BCUT2D eigenvalue weighted by atomic mass is 10.2. The molecule has 19 nitrogen and oxygen atoms in total. The first kappa shape index (κ1) is 39.2. The van der Waals surface area contributed by atoms with Crippen molar-refractivity contribution in [2.75, 3.05) is 40.3 Å². The highest BCUT2D eigenvalue weighted by molar-refractivity contribution is 8.14. The molecule has 4 rings (SSSR count). The summed E-state index contributed by atoms with van der Waals surface area (Å²) in [7, 11) is 3.23. The standard InChI is InChI=1S/C32H38N8O11S/c1-20(41)52-26-14-27(36(2)16-26)29(43)38-13-12-23(15-38)33-28(42)17-37(3)30(34-31(44)50-18-21-4-8-24(9-5-21)39(46)47)35-32(45)51-19-22-6-10-25(11-7-22)40(48)49/h4-11,23,26-27H,12-19H2,1-3H3,(H,33,42)(H,34,35,44,45)/t23-,26-,27-/m0/s1. The van der Waals surface area contributed by atoms with E-state index in [0.29, 0.717) is 37.1 Å². The van der Waals surface area contributed by atoms with E-state index in [0.717, 1.165) is 0 Å². The van der Waals surface area contributed by atoms with Gasteiger partial charge in [0.05, 0.1) is 22.4 Å². The summed E-state index contributed by atoms with van der Waals surface area (Å²) in [6, 6.07) is 9.86. The molecule has 0 bridgehead atoms. The summed E-state index contributed by atoms with van der Waals surface area (Å²) in [5.74, 6) is -0.963. The van der Waals surface area contributed by atoms with Crippen LogP contribution in [0.4, 0.5) is 21.0 Å². The maximum absolute atomic E-state index is 13.3. The molecule has 0 aliphatic carbocycles. The molecule has 2 N–H and O–H groups in total. The van der Waals surface area contributed by atoms with Crippen LogP contribution in [0.1, 0.15) is 30.9 Å². The number of nitrogens with zero attached hydrogens (tertiary/aromatic N) is 6. The number of aliphatic imine (C=N–C) groups is 1. The molecule has 2 aliphatic rings. The first-order valence-electron chi connectivity index (χ1n) is 16.0. The maximum atomic E-state index is 13.3. The lowest BCUT2D eigenvalue weighted by Gasteiger charge is -2.25. The molecule has 3 atom stereocenters. The van der Waals surface area contributed by atoms with Gasteiger partial charge in [0.15, 0.2) is 5.12 Å². The van der Waals surface area contributed by atoms with E-state index in [4.69, 9.17) is 9.47 Å². The fraction of sp³-hybridized carbons (Fsp3) is 0.438. The van der Waals surface area contributed by atoms with Crippen molar-refractivity contribution in [1.29, 1.82) is 0 Å². The van der Waals surface area contributed by atoms with E-state index in [2.05, 4.69) is 15.6 Å². The second-order valence-corrected chi connectivity index (χ2v) is 13.6. The van der Waals surface area contributed by atoms with Crippen LogP contribution in [-0.2, 0) is 37.1 Å². The molecular weight excluding hydrogens is 704 g/mol. The molecule has 2 saturated heterocycles. The molecule has 0 aromatic heterocycles. The zero-order valence-corrected chi connectivity index (χ0v) is 29.4. The number of rotatable bonds is 11. The van der Waals surface area contributed by atoms with E-state index in [1.54, 1.807) is 4.90 Å². The SMILES string of the molecule is CC(=O)S[C@H]1C[C@@H](C(=O)N2CC[C@H](NC(=O)CN(C)C(=NC(=O)OCc3ccc([N+](=O)[O-])cc3)NC(=O)OCc3ccc([N+](=O)[O-])cc3)C2)N(C)C1. The number of non-ortho nitro benzene ring substituents is 2. The van der Waals surface area contributed by atoms with Crippen LogP contribution >= 0.6 is 11.8 Å². The topological polar surface area (TPSA) is 236 Å². The molecule has 4 amide bonds. The van der Waals surface area contributed by atoms with Gasteiger partial charge in [-0.25, -0.2) is 9.59 Å². The third-order valence-electron chi connectivity index (χ3n) is 8.17. The maximum Gasteiger partial charge on any atom is 0.437 e. The number of amides is 4. The van der Waals surface area contributed by atoms with Crippen LogP contribution in [0, 0.1) is 20.2 Å². The molecule has 2 fully saturated rings. The largest absolute Gasteiger partial charge is 0.444 e. The van der Waals surface area contributed by atoms with Crippen molar-refractivity contribution in [3.63, 3.8) is 0 Å². The number of alkyl carbamates (subject to hydrolysis) is 1. The van der Waals surface area contributed by atoms with Gasteiger partial charge in [-0.15, -0.1) is 4.99 Å². The van der Waals surface area contributed by atoms with Crippen molar-refractivity contribution in [3.8, 4) is 0 Å². The van der Waals surface area contributed by atoms with E-state index >= 15 is 0 Å². The molecule has 2 heterocycles. The number of guanidine groups is 1. The Morgan fingerprint density at radius 3 is 2.08 bits per heavy atom. The van der Waals surface area contributed by atoms with Gasteiger partial charge in [0.25, 0.3) is 11.4 Å². The number of benzene rings is 2. The van der Waals surface area contributed by atoms with Gasteiger partial charge in [-0.3, -0.25) is 44.8 Å². The highest BCUT2D eigenvalue weighted by atomic mass is 32.2. The Hall–Kier alpha value is -5.63. The Morgan fingerprint density at radius 1 is 0.942 bits per heavy atom. The Balaban J connectivity index is 1.35. The van der Waals surface area contributed by atoms with Crippen LogP contribution in [0.15, 0.2) is 53.5 Å². The van der Waals surface area contributed by atoms with Crippen molar-refractivity contribution in [3.05, 3.63) is 79.9 Å². The Kier molecular flexibility index (Phi) is 13.6. The third-order valence-corrected chi connectivity index (χ3v) is 9.18. The monoisotopic (exact) mass is 742 g/mol. The van der Waals surface area contributed by atoms with Gasteiger partial charge in [0, 0.05) is 69.2 Å². The fourth-order valence-corrected chi connectivity index (χ4v) is 6.65. The van der Waals surface area contributed by atoms with Gasteiger partial charge < -0.3 is 24.6 Å². The molecule has 0 spiro atoms. The van der Waals surface area contributed by atoms with Crippen LogP contribution in [0.3, 0.4) is 0 Å². The van der Waals surface area contributed by atoms with E-state index in [9.17, 15) is 44.2 Å². The zero-order valence-electron chi connectivity index (χ0n) is 28.6. The van der Waals surface area contributed by atoms with E-state index in [-0.39, 0.29) is 66.0 Å². The van der Waals surface area contributed by atoms with E-state index in [1.165, 1.54) is 79.2 Å². The molecule has 0 radical (unpaired) electrons. The molecule has 2 aromatic carbocycles. The second-order valence-electron chi connectivity index (χ2n) is 12.2. The van der Waals surface area contributed by atoms with Crippen LogP contribution < -0.4 is 10.6 Å². The Bertz CT molecular complexity index is 1710. The minimum absolute atomic E-state index is 0.00194. The predicted octanol–water partition coefficient (Wildman–Crippen LogP) is 2.42. The van der Waals surface area contributed by atoms with Crippen molar-refractivity contribution in [2.45, 2.75) is 50.3 Å². The quantitative estimate of drug-likeness (QED) is 0.146. The molecule has 0 unspecified atom stereocenters. The normalized spacial score (nSPS) is 18.7. The fourth-order valence-electron chi connectivity index (χ4n) is 5.59. The minimum Gasteiger partial charge on any atom is -0.444 e. The number of hydrogen-bond donors (Lipinski definition) is 2. The minimum atomic E-state index is -1.15. The number of hydrogen-bond acceptors (Lipinski definition) is 13. The predicted molar refractivity (Wildman–Crippen MR) is 186 cm³/mol. The lowest BCUT2D eigenvalue weighted by molar-refractivity contribution is -0.385. The van der Waals surface area contributed by atoms with Crippen molar-refractivity contribution in [2.24, 2.45) is 4.99 Å². The molecule has 2 aliphatic heterocycles. The molecule has 278 valence electrons. The zero-order chi connectivity index (χ0) is 37.9. The summed E-state index contributed by atoms with van der Waals surface area (Å²) in [6.45, 7) is 1.88. The van der Waals surface area contributed by atoms with Gasteiger partial charge in [0.2, 0.25) is 17.8 Å². The first-order chi connectivity index (χ1) is 24.7. The van der Waals surface area contributed by atoms with Crippen LogP contribution in [-0.4, -0.2) is 117 Å². The Morgan fingerprint density at radius 2 is 1.52 bits per heavy atom. The van der Waals surface area contributed by atoms with Crippen molar-refractivity contribution in [1.82, 2.24) is 25.3 Å². The van der Waals surface area contributed by atoms with Crippen LogP contribution in [0.5, 0.6) is 0 Å². The van der Waals surface area contributed by atoms with Crippen molar-refractivity contribution < 1.29 is 43.3 Å². The van der Waals surface area contributed by atoms with Gasteiger partial charge in [-0.1, -0.05) is 11.8 Å². The molecule has 0 saturated carbocycles. The number of carbonyl (C=O) groups excluding carboxylic acids is 5. The number of nitrogens with one attached hydrogen (secondary N) is 2. The van der Waals surface area contributed by atoms with Gasteiger partial charge >= 0.3 is 12.2 Å². The summed E-state index contributed by atoms with van der Waals surface area (Å²) in [5.41, 5.74) is 0.570. The summed E-state index contributed by atoms with van der Waals surface area (Å²) in [5, 5.41) is 27.0. The van der Waals surface area contributed by atoms with Crippen LogP contribution in [0.2, 0.25) is 0 Å². The number of thioether (sulfide) groups is 1. The molecule has 52 heavy (non-hydrogen) atoms. The average Bonchev–Trinajstić information content (AvgIpc) is 3.71. The summed E-state index contributed by atoms with van der Waals surface area (Å²) in [6.07, 6.45) is -1.15. The van der Waals surface area contributed by atoms with Gasteiger partial charge in [0.1, 0.15) is 13.2 Å². The first-order valence-corrected chi connectivity index (χ1v) is 16.9. The van der Waals surface area contributed by atoms with E-state index < -0.39 is 33.9 Å². The molecular formula is C32H38N8O11S. The number of nitro groups is 2. The smallest absolute Gasteiger partial charge is 0.437 e. The summed E-state index contributed by atoms with van der Waals surface area (Å²) < 4.78 is 10.3. The average molecular weight is 743 g/mol. The summed E-state index contributed by atoms with van der Waals surface area (Å²) in [4.78, 5) is 92.5. The van der Waals surface area contributed by atoms with Crippen molar-refractivity contribution >= 4 is 58.2 Å². The number of likely N-dealkylation sites (tertiary alicyclic amines) is 2. The number of likely N-dealkylation sites (N-methyl/N-ethyl adjacent to an activating group) is 2. The van der Waals surface area contributed by atoms with Gasteiger partial charge in [-0.2, -0.15) is 0 Å². The second kappa shape index (κ2) is 18.0. The third kappa shape index (κ3) is 11.5. The number of nitro benzene ring substituents is 2. The highest BCUT2D eigenvalue weighted by Gasteiger charge is 2.39. The number of carbonyl (C=O) groups is 5. The van der Waals surface area contributed by atoms with Crippen LogP contribution in [0.25, 0.3) is 0 Å². The lowest BCUT2D eigenvalue weighted by Crippen LogP contribution is -2.49.